The van der Waals surface area contributed by atoms with Gasteiger partial charge in [0.25, 0.3) is 0 Å². The second-order valence-electron chi connectivity index (χ2n) is 4.02. The van der Waals surface area contributed by atoms with Crippen molar-refractivity contribution in [3.8, 4) is 0 Å². The molecular formula is C11H18N2O2S. The Morgan fingerprint density at radius 3 is 2.56 bits per heavy atom. The smallest absolute Gasteiger partial charge is 0.240 e. The van der Waals surface area contributed by atoms with Gasteiger partial charge in [-0.2, -0.15) is 0 Å². The second-order valence-corrected chi connectivity index (χ2v) is 5.79. The highest BCUT2D eigenvalue weighted by Crippen LogP contribution is 2.14. The Bertz CT molecular complexity index is 441. The lowest BCUT2D eigenvalue weighted by atomic mass is 10.2. The van der Waals surface area contributed by atoms with Gasteiger partial charge in [-0.15, -0.1) is 0 Å². The normalized spacial score (nSPS) is 11.8. The second kappa shape index (κ2) is 5.32. The number of anilines is 1. The van der Waals surface area contributed by atoms with Gasteiger partial charge in [0.2, 0.25) is 10.0 Å². The van der Waals surface area contributed by atoms with E-state index < -0.39 is 10.0 Å². The van der Waals surface area contributed by atoms with Gasteiger partial charge in [0.1, 0.15) is 0 Å². The number of rotatable bonds is 5. The van der Waals surface area contributed by atoms with E-state index in [0.717, 1.165) is 5.69 Å². The van der Waals surface area contributed by atoms with Crippen molar-refractivity contribution in [3.05, 3.63) is 24.3 Å². The van der Waals surface area contributed by atoms with Crippen molar-refractivity contribution >= 4 is 15.7 Å². The summed E-state index contributed by atoms with van der Waals surface area (Å²) in [4.78, 5) is 0.292. The van der Waals surface area contributed by atoms with Crippen molar-refractivity contribution in [3.63, 3.8) is 0 Å². The molecule has 0 heterocycles. The van der Waals surface area contributed by atoms with Gasteiger partial charge in [-0.05, 0) is 24.1 Å². The lowest BCUT2D eigenvalue weighted by Gasteiger charge is -2.09. The fourth-order valence-electron chi connectivity index (χ4n) is 1.18. The Morgan fingerprint density at radius 2 is 2.00 bits per heavy atom. The number of hydrogen-bond acceptors (Lipinski definition) is 3. The van der Waals surface area contributed by atoms with Crippen LogP contribution >= 0.6 is 0 Å². The summed E-state index contributed by atoms with van der Waals surface area (Å²) < 4.78 is 26.3. The van der Waals surface area contributed by atoms with E-state index in [1.54, 1.807) is 25.2 Å². The highest BCUT2D eigenvalue weighted by atomic mass is 32.2. The number of sulfonamides is 1. The van der Waals surface area contributed by atoms with Crippen LogP contribution in [0, 0.1) is 5.92 Å². The molecule has 0 bridgehead atoms. The highest BCUT2D eigenvalue weighted by Gasteiger charge is 2.13. The molecule has 0 amide bonds. The topological polar surface area (TPSA) is 58.2 Å². The average Bonchev–Trinajstić information content (AvgIpc) is 2.27. The number of nitrogens with one attached hydrogen (secondary N) is 2. The van der Waals surface area contributed by atoms with Crippen LogP contribution in [0.15, 0.2) is 29.2 Å². The van der Waals surface area contributed by atoms with Crippen LogP contribution in [0.2, 0.25) is 0 Å². The largest absolute Gasteiger partial charge is 0.388 e. The van der Waals surface area contributed by atoms with Crippen molar-refractivity contribution < 1.29 is 8.42 Å². The standard InChI is InChI=1S/C11H18N2O2S/c1-9(2)8-13-16(14,15)11-6-4-5-10(7-11)12-3/h4-7,9,12-13H,8H2,1-3H3. The van der Waals surface area contributed by atoms with Gasteiger partial charge in [0.15, 0.2) is 0 Å². The summed E-state index contributed by atoms with van der Waals surface area (Å²) in [6.45, 7) is 4.38. The minimum Gasteiger partial charge on any atom is -0.388 e. The van der Waals surface area contributed by atoms with Crippen LogP contribution in [0.4, 0.5) is 5.69 Å². The molecule has 0 spiro atoms. The molecule has 0 saturated carbocycles. The lowest BCUT2D eigenvalue weighted by molar-refractivity contribution is 0.560. The summed E-state index contributed by atoms with van der Waals surface area (Å²) in [5.74, 6) is 0.294. The van der Waals surface area contributed by atoms with E-state index in [1.165, 1.54) is 0 Å². The quantitative estimate of drug-likeness (QED) is 0.825. The molecule has 0 aromatic heterocycles. The molecule has 5 heteroatoms. The van der Waals surface area contributed by atoms with Crippen LogP contribution in [-0.4, -0.2) is 22.0 Å². The molecule has 0 aliphatic carbocycles. The molecule has 0 fully saturated rings. The molecule has 0 radical (unpaired) electrons. The minimum absolute atomic E-state index is 0.292. The zero-order valence-electron chi connectivity index (χ0n) is 9.82. The maximum Gasteiger partial charge on any atom is 0.240 e. The van der Waals surface area contributed by atoms with Gasteiger partial charge in [-0.3, -0.25) is 0 Å². The van der Waals surface area contributed by atoms with E-state index >= 15 is 0 Å². The van der Waals surface area contributed by atoms with Crippen molar-refractivity contribution in [2.75, 3.05) is 18.9 Å². The van der Waals surface area contributed by atoms with E-state index in [-0.39, 0.29) is 0 Å². The minimum atomic E-state index is -3.38. The molecule has 1 aromatic carbocycles. The lowest BCUT2D eigenvalue weighted by Crippen LogP contribution is -2.27. The van der Waals surface area contributed by atoms with E-state index in [0.29, 0.717) is 17.4 Å². The van der Waals surface area contributed by atoms with Crippen molar-refractivity contribution in [1.82, 2.24) is 4.72 Å². The summed E-state index contributed by atoms with van der Waals surface area (Å²) in [7, 11) is -1.62. The highest BCUT2D eigenvalue weighted by molar-refractivity contribution is 7.89. The molecule has 1 aromatic rings. The van der Waals surface area contributed by atoms with Gasteiger partial charge in [0.05, 0.1) is 4.90 Å². The third-order valence-electron chi connectivity index (χ3n) is 2.11. The molecule has 1 rings (SSSR count). The Balaban J connectivity index is 2.89. The molecule has 0 aliphatic heterocycles. The van der Waals surface area contributed by atoms with Crippen LogP contribution in [0.5, 0.6) is 0 Å². The van der Waals surface area contributed by atoms with Crippen molar-refractivity contribution in [1.29, 1.82) is 0 Å². The first-order valence-electron chi connectivity index (χ1n) is 5.23. The summed E-state index contributed by atoms with van der Waals surface area (Å²) in [6, 6.07) is 6.74. The molecule has 16 heavy (non-hydrogen) atoms. The molecule has 90 valence electrons. The van der Waals surface area contributed by atoms with Crippen LogP contribution in [0.3, 0.4) is 0 Å². The predicted molar refractivity (Wildman–Crippen MR) is 66.0 cm³/mol. The number of hydrogen-bond donors (Lipinski definition) is 2. The van der Waals surface area contributed by atoms with Gasteiger partial charge in [-0.1, -0.05) is 19.9 Å². The van der Waals surface area contributed by atoms with Crippen LogP contribution in [0.25, 0.3) is 0 Å². The van der Waals surface area contributed by atoms with Crippen LogP contribution < -0.4 is 10.0 Å². The molecular weight excluding hydrogens is 224 g/mol. The molecule has 0 aliphatic rings. The summed E-state index contributed by atoms with van der Waals surface area (Å²) in [5, 5.41) is 2.91. The molecule has 0 saturated heterocycles. The van der Waals surface area contributed by atoms with E-state index in [4.69, 9.17) is 0 Å². The van der Waals surface area contributed by atoms with Crippen molar-refractivity contribution in [2.45, 2.75) is 18.7 Å². The summed E-state index contributed by atoms with van der Waals surface area (Å²) in [6.07, 6.45) is 0. The van der Waals surface area contributed by atoms with Crippen LogP contribution in [0.1, 0.15) is 13.8 Å². The fourth-order valence-corrected chi connectivity index (χ4v) is 2.44. The van der Waals surface area contributed by atoms with E-state index in [9.17, 15) is 8.42 Å². The third kappa shape index (κ3) is 3.50. The first kappa shape index (κ1) is 13.0. The summed E-state index contributed by atoms with van der Waals surface area (Å²) in [5.41, 5.74) is 0.785. The van der Waals surface area contributed by atoms with Gasteiger partial charge in [0, 0.05) is 19.3 Å². The van der Waals surface area contributed by atoms with Gasteiger partial charge < -0.3 is 5.32 Å². The first-order valence-corrected chi connectivity index (χ1v) is 6.71. The average molecular weight is 242 g/mol. The fraction of sp³-hybridized carbons (Fsp3) is 0.455. The Labute approximate surface area is 97.1 Å². The van der Waals surface area contributed by atoms with Crippen molar-refractivity contribution in [2.24, 2.45) is 5.92 Å². The SMILES string of the molecule is CNc1cccc(S(=O)(=O)NCC(C)C)c1. The Hall–Kier alpha value is -1.07. The maximum atomic E-state index is 11.9. The zero-order chi connectivity index (χ0) is 12.2. The predicted octanol–water partition coefficient (Wildman–Crippen LogP) is 1.66. The third-order valence-corrected chi connectivity index (χ3v) is 3.54. The van der Waals surface area contributed by atoms with Gasteiger partial charge in [-0.25, -0.2) is 13.1 Å². The molecule has 0 unspecified atom stereocenters. The molecule has 0 atom stereocenters. The van der Waals surface area contributed by atoms with Crippen LogP contribution in [-0.2, 0) is 10.0 Å². The van der Waals surface area contributed by atoms with Gasteiger partial charge >= 0.3 is 0 Å². The van der Waals surface area contributed by atoms with E-state index in [1.807, 2.05) is 19.9 Å². The summed E-state index contributed by atoms with van der Waals surface area (Å²) >= 11 is 0. The zero-order valence-corrected chi connectivity index (χ0v) is 10.6. The Morgan fingerprint density at radius 1 is 1.31 bits per heavy atom. The first-order chi connectivity index (χ1) is 7.45. The van der Waals surface area contributed by atoms with E-state index in [2.05, 4.69) is 10.0 Å². The number of benzene rings is 1. The molecule has 4 nitrogen and oxygen atoms in total. The Kier molecular flexibility index (Phi) is 4.32. The molecule has 2 N–H and O–H groups in total. The maximum absolute atomic E-state index is 11.9. The monoisotopic (exact) mass is 242 g/mol.